The van der Waals surface area contributed by atoms with Crippen molar-refractivity contribution in [2.24, 2.45) is 0 Å². The summed E-state index contributed by atoms with van der Waals surface area (Å²) >= 11 is 0. The van der Waals surface area contributed by atoms with Crippen LogP contribution in [0.2, 0.25) is 0 Å². The smallest absolute Gasteiger partial charge is 0.150 e. The molecule has 324 valence electrons. The molecule has 4 aromatic heterocycles. The standard InChI is InChI=1S/C50H48F2N10O2/c1-32-27-57(29-53-32)44-19-16-41(25-49(44)64-5)62-43-8-6-20-59(47(43)26-56-62)34(3)36-12-17-42(52)37(22-36)23-39-28-58(30-54-39)45-18-15-40(24-48(45)63-4)61-31-55-50-46(61)9-7-21-60(50)33(2)35-10-13-38(51)14-11-35/h6,8,10-19,22,24-31,33-34H,7,9,20-21,23H2,1-5H3. The summed E-state index contributed by atoms with van der Waals surface area (Å²) in [6.07, 6.45) is 17.6. The normalized spacial score (nSPS) is 14.4. The lowest BCUT2D eigenvalue weighted by Gasteiger charge is -2.34. The van der Waals surface area contributed by atoms with Crippen LogP contribution in [-0.2, 0) is 12.8 Å². The van der Waals surface area contributed by atoms with Crippen molar-refractivity contribution in [1.82, 2.24) is 38.4 Å². The molecular formula is C50H48F2N10O2. The molecule has 0 bridgehead atoms. The van der Waals surface area contributed by atoms with Crippen molar-refractivity contribution in [2.75, 3.05) is 37.1 Å². The summed E-state index contributed by atoms with van der Waals surface area (Å²) in [6.45, 7) is 7.77. The largest absolute Gasteiger partial charge is 0.494 e. The third-order valence-corrected chi connectivity index (χ3v) is 12.6. The molecule has 6 heterocycles. The Hall–Kier alpha value is -7.48. The van der Waals surface area contributed by atoms with Crippen molar-refractivity contribution in [3.63, 3.8) is 0 Å². The van der Waals surface area contributed by atoms with Crippen molar-refractivity contribution < 1.29 is 18.3 Å². The quantitative estimate of drug-likeness (QED) is 0.120. The van der Waals surface area contributed by atoms with Gasteiger partial charge in [-0.2, -0.15) is 5.10 Å². The minimum absolute atomic E-state index is 0.0425. The Morgan fingerprint density at radius 3 is 2.17 bits per heavy atom. The van der Waals surface area contributed by atoms with Crippen molar-refractivity contribution >= 4 is 17.6 Å². The average Bonchev–Trinajstić information content (AvgIpc) is 4.16. The second-order valence-electron chi connectivity index (χ2n) is 16.4. The van der Waals surface area contributed by atoms with E-state index >= 15 is 4.39 Å². The van der Waals surface area contributed by atoms with Gasteiger partial charge in [0.25, 0.3) is 0 Å². The van der Waals surface area contributed by atoms with Gasteiger partial charge in [0, 0.05) is 44.0 Å². The maximum absolute atomic E-state index is 15.6. The molecule has 0 aliphatic carbocycles. The number of hydrogen-bond donors (Lipinski definition) is 0. The van der Waals surface area contributed by atoms with Gasteiger partial charge >= 0.3 is 0 Å². The van der Waals surface area contributed by atoms with Crippen LogP contribution in [0.25, 0.3) is 28.8 Å². The lowest BCUT2D eigenvalue weighted by atomic mass is 9.99. The highest BCUT2D eigenvalue weighted by Crippen LogP contribution is 2.38. The number of halogens is 2. The number of nitrogens with zero attached hydrogens (tertiary/aromatic N) is 10. The Labute approximate surface area is 370 Å². The lowest BCUT2D eigenvalue weighted by molar-refractivity contribution is 0.412. The monoisotopic (exact) mass is 858 g/mol. The molecule has 12 nitrogen and oxygen atoms in total. The second kappa shape index (κ2) is 16.7. The fourth-order valence-electron chi connectivity index (χ4n) is 9.10. The number of rotatable bonds is 12. The van der Waals surface area contributed by atoms with Gasteiger partial charge < -0.3 is 33.0 Å². The van der Waals surface area contributed by atoms with E-state index in [0.717, 1.165) is 87.5 Å². The fraction of sp³-hybridized carbons (Fsp3) is 0.240. The number of fused-ring (bicyclic) bond motifs is 2. The summed E-state index contributed by atoms with van der Waals surface area (Å²) in [5.74, 6) is 1.78. The van der Waals surface area contributed by atoms with Gasteiger partial charge in [-0.1, -0.05) is 30.3 Å². The van der Waals surface area contributed by atoms with E-state index in [-0.39, 0.29) is 23.7 Å². The number of aryl methyl sites for hydroxylation is 1. The number of ether oxygens (including phenoxy) is 2. The Kier molecular flexibility index (Phi) is 10.6. The van der Waals surface area contributed by atoms with Crippen LogP contribution in [0, 0.1) is 18.6 Å². The fourth-order valence-corrected chi connectivity index (χ4v) is 9.10. The van der Waals surface area contributed by atoms with E-state index in [2.05, 4.69) is 45.4 Å². The molecule has 0 saturated carbocycles. The van der Waals surface area contributed by atoms with Gasteiger partial charge in [-0.05, 0) is 98.8 Å². The van der Waals surface area contributed by atoms with Gasteiger partial charge in [0.1, 0.15) is 29.5 Å². The molecule has 0 saturated heterocycles. The van der Waals surface area contributed by atoms with Crippen molar-refractivity contribution in [1.29, 1.82) is 0 Å². The number of hydrogen-bond acceptors (Lipinski definition) is 8. The molecule has 2 unspecified atom stereocenters. The molecule has 4 aromatic carbocycles. The Morgan fingerprint density at radius 1 is 0.719 bits per heavy atom. The van der Waals surface area contributed by atoms with Crippen LogP contribution in [0.15, 0.2) is 123 Å². The molecule has 8 aromatic rings. The molecule has 64 heavy (non-hydrogen) atoms. The molecule has 2 aliphatic rings. The highest BCUT2D eigenvalue weighted by Gasteiger charge is 2.28. The number of benzene rings is 4. The number of aromatic nitrogens is 8. The van der Waals surface area contributed by atoms with Crippen LogP contribution in [0.5, 0.6) is 11.5 Å². The van der Waals surface area contributed by atoms with Gasteiger partial charge in [0.15, 0.2) is 5.82 Å². The maximum atomic E-state index is 15.6. The van der Waals surface area contributed by atoms with Crippen molar-refractivity contribution in [2.45, 2.75) is 52.1 Å². The molecule has 10 rings (SSSR count). The third kappa shape index (κ3) is 7.37. The highest BCUT2D eigenvalue weighted by atomic mass is 19.1. The molecule has 2 atom stereocenters. The molecule has 0 amide bonds. The Balaban J connectivity index is 0.860. The van der Waals surface area contributed by atoms with Gasteiger partial charge in [-0.15, -0.1) is 0 Å². The number of imidazole rings is 3. The van der Waals surface area contributed by atoms with Crippen LogP contribution in [0.3, 0.4) is 0 Å². The zero-order valence-electron chi connectivity index (χ0n) is 36.4. The predicted octanol–water partition coefficient (Wildman–Crippen LogP) is 9.73. The molecule has 2 aliphatic heterocycles. The van der Waals surface area contributed by atoms with Crippen LogP contribution in [0.1, 0.15) is 71.8 Å². The predicted molar refractivity (Wildman–Crippen MR) is 244 cm³/mol. The Morgan fingerprint density at radius 2 is 1.42 bits per heavy atom. The van der Waals surface area contributed by atoms with E-state index in [1.54, 1.807) is 32.9 Å². The van der Waals surface area contributed by atoms with Gasteiger partial charge in [-0.25, -0.2) is 28.4 Å². The minimum Gasteiger partial charge on any atom is -0.494 e. The highest BCUT2D eigenvalue weighted by molar-refractivity contribution is 5.71. The van der Waals surface area contributed by atoms with Crippen molar-refractivity contribution in [3.8, 4) is 34.2 Å². The average molecular weight is 859 g/mol. The molecule has 14 heteroatoms. The van der Waals surface area contributed by atoms with E-state index in [1.807, 2.05) is 106 Å². The minimum atomic E-state index is -0.281. The summed E-state index contributed by atoms with van der Waals surface area (Å²) in [5.41, 5.74) is 10.8. The second-order valence-corrected chi connectivity index (χ2v) is 16.4. The lowest BCUT2D eigenvalue weighted by Crippen LogP contribution is -2.32. The first kappa shape index (κ1) is 40.6. The summed E-state index contributed by atoms with van der Waals surface area (Å²) in [5, 5.41) is 4.81. The van der Waals surface area contributed by atoms with E-state index in [0.29, 0.717) is 30.0 Å². The van der Waals surface area contributed by atoms with Crippen LogP contribution >= 0.6 is 0 Å². The Bertz CT molecular complexity index is 3020. The molecule has 0 radical (unpaired) electrons. The van der Waals surface area contributed by atoms with E-state index in [4.69, 9.17) is 24.5 Å². The third-order valence-electron chi connectivity index (χ3n) is 12.6. The summed E-state index contributed by atoms with van der Waals surface area (Å²) in [6, 6.07) is 24.1. The molecule has 0 spiro atoms. The summed E-state index contributed by atoms with van der Waals surface area (Å²) in [7, 11) is 3.32. The van der Waals surface area contributed by atoms with E-state index in [9.17, 15) is 4.39 Å². The number of anilines is 2. The summed E-state index contributed by atoms with van der Waals surface area (Å²) in [4.78, 5) is 18.5. The maximum Gasteiger partial charge on any atom is 0.150 e. The van der Waals surface area contributed by atoms with E-state index in [1.165, 1.54) is 12.1 Å². The van der Waals surface area contributed by atoms with Gasteiger partial charge in [0.2, 0.25) is 0 Å². The first-order valence-corrected chi connectivity index (χ1v) is 21.5. The summed E-state index contributed by atoms with van der Waals surface area (Å²) < 4.78 is 48.9. The van der Waals surface area contributed by atoms with E-state index < -0.39 is 0 Å². The van der Waals surface area contributed by atoms with Crippen LogP contribution < -0.4 is 19.3 Å². The molecule has 0 fully saturated rings. The first-order valence-electron chi connectivity index (χ1n) is 21.5. The number of methoxy groups -OCH3 is 2. The van der Waals surface area contributed by atoms with Crippen molar-refractivity contribution in [3.05, 3.63) is 174 Å². The zero-order chi connectivity index (χ0) is 44.1. The first-order chi connectivity index (χ1) is 31.2. The SMILES string of the molecule is COc1cc(-n2ncc3c2C=CCN3C(C)c2ccc(F)c(Cc3cn(-c4ccc(-n5cnc6c5CCCN6C(C)c5ccc(F)cc5)cc4OC)cn3)c2)ccc1-n1cnc(C)c1. The topological polar surface area (TPSA) is 96.2 Å². The van der Waals surface area contributed by atoms with Crippen LogP contribution in [-0.4, -0.2) is 65.7 Å². The molecule has 0 N–H and O–H groups in total. The van der Waals surface area contributed by atoms with Crippen LogP contribution in [0.4, 0.5) is 20.3 Å². The van der Waals surface area contributed by atoms with Gasteiger partial charge in [0.05, 0.1) is 96.4 Å². The zero-order valence-corrected chi connectivity index (χ0v) is 36.4. The van der Waals surface area contributed by atoms with Gasteiger partial charge in [-0.3, -0.25) is 0 Å². The molecular weight excluding hydrogens is 811 g/mol.